The number of ketones is 1. The molecule has 0 amide bonds. The molecule has 4 aliphatic carbocycles. The van der Waals surface area contributed by atoms with E-state index < -0.39 is 15.8 Å². The number of Topliss-reactive ketones (excluding diaryl/α,β-unsaturated/α-hetero) is 1. The zero-order valence-corrected chi connectivity index (χ0v) is 15.8. The molecule has 4 bridgehead atoms. The summed E-state index contributed by atoms with van der Waals surface area (Å²) in [4.78, 5) is 25.2. The standard InChI is InChI=1S/C20H24O5S/c1-26(23,24)17-4-2-16(3-5-17)19(22)25-12-18(21)20-9-13-6-14(10-20)8-15(7-13)11-20/h2-5,13-15H,6-12H2,1H3. The SMILES string of the molecule is CS(=O)(=O)c1ccc(C(=O)OCC(=O)C23CC4CC(CC(C4)C2)C3)cc1. The number of rotatable bonds is 5. The van der Waals surface area contributed by atoms with Crippen LogP contribution < -0.4 is 0 Å². The van der Waals surface area contributed by atoms with Gasteiger partial charge in [0.25, 0.3) is 0 Å². The van der Waals surface area contributed by atoms with Gasteiger partial charge in [0, 0.05) is 11.7 Å². The first kappa shape index (κ1) is 17.7. The monoisotopic (exact) mass is 376 g/mol. The van der Waals surface area contributed by atoms with Gasteiger partial charge in [0.2, 0.25) is 0 Å². The summed E-state index contributed by atoms with van der Waals surface area (Å²) in [5.41, 5.74) is -0.00876. The van der Waals surface area contributed by atoms with Crippen LogP contribution in [0.5, 0.6) is 0 Å². The fourth-order valence-corrected chi connectivity index (χ4v) is 6.29. The molecule has 5 nitrogen and oxygen atoms in total. The largest absolute Gasteiger partial charge is 0.454 e. The first-order chi connectivity index (χ1) is 12.2. The van der Waals surface area contributed by atoms with E-state index in [4.69, 9.17) is 4.74 Å². The second-order valence-corrected chi connectivity index (χ2v) is 10.5. The molecule has 5 rings (SSSR count). The first-order valence-electron chi connectivity index (χ1n) is 9.26. The number of ether oxygens (including phenoxy) is 1. The maximum atomic E-state index is 12.9. The van der Waals surface area contributed by atoms with Crippen LogP contribution in [0.2, 0.25) is 0 Å². The van der Waals surface area contributed by atoms with Crippen molar-refractivity contribution < 1.29 is 22.7 Å². The lowest BCUT2D eigenvalue weighted by molar-refractivity contribution is -0.147. The molecule has 0 saturated heterocycles. The maximum absolute atomic E-state index is 12.9. The second-order valence-electron chi connectivity index (χ2n) is 8.49. The molecule has 4 saturated carbocycles. The quantitative estimate of drug-likeness (QED) is 0.738. The zero-order chi connectivity index (χ0) is 18.5. The van der Waals surface area contributed by atoms with Gasteiger partial charge in [-0.1, -0.05) is 0 Å². The normalized spacial score (nSPS) is 32.4. The van der Waals surface area contributed by atoms with Gasteiger partial charge in [0.1, 0.15) is 0 Å². The third-order valence-electron chi connectivity index (χ3n) is 6.48. The molecule has 4 aliphatic rings. The highest BCUT2D eigenvalue weighted by atomic mass is 32.2. The Morgan fingerprint density at radius 2 is 1.50 bits per heavy atom. The Morgan fingerprint density at radius 1 is 1.00 bits per heavy atom. The van der Waals surface area contributed by atoms with Crippen molar-refractivity contribution in [3.8, 4) is 0 Å². The van der Waals surface area contributed by atoms with Gasteiger partial charge in [-0.25, -0.2) is 13.2 Å². The van der Waals surface area contributed by atoms with Gasteiger partial charge in [-0.05, 0) is 80.5 Å². The average molecular weight is 376 g/mol. The van der Waals surface area contributed by atoms with E-state index >= 15 is 0 Å². The summed E-state index contributed by atoms with van der Waals surface area (Å²) in [6, 6.07) is 5.61. The summed E-state index contributed by atoms with van der Waals surface area (Å²) in [6.07, 6.45) is 7.77. The van der Waals surface area contributed by atoms with Crippen molar-refractivity contribution in [3.05, 3.63) is 29.8 Å². The molecule has 1 aromatic carbocycles. The second kappa shape index (κ2) is 6.19. The van der Waals surface area contributed by atoms with Crippen molar-refractivity contribution in [1.82, 2.24) is 0 Å². The number of carbonyl (C=O) groups excluding carboxylic acids is 2. The van der Waals surface area contributed by atoms with Gasteiger partial charge < -0.3 is 4.74 Å². The lowest BCUT2D eigenvalue weighted by Crippen LogP contribution is -2.51. The van der Waals surface area contributed by atoms with Crippen LogP contribution in [-0.2, 0) is 19.4 Å². The smallest absolute Gasteiger partial charge is 0.338 e. The Hall–Kier alpha value is -1.69. The molecule has 0 heterocycles. The van der Waals surface area contributed by atoms with Gasteiger partial charge in [0.05, 0.1) is 10.5 Å². The molecule has 140 valence electrons. The topological polar surface area (TPSA) is 77.5 Å². The van der Waals surface area contributed by atoms with Crippen molar-refractivity contribution in [2.24, 2.45) is 23.2 Å². The number of hydrogen-bond donors (Lipinski definition) is 0. The third kappa shape index (κ3) is 3.20. The maximum Gasteiger partial charge on any atom is 0.338 e. The minimum Gasteiger partial charge on any atom is -0.454 e. The molecule has 0 spiro atoms. The highest BCUT2D eigenvalue weighted by Crippen LogP contribution is 2.60. The number of esters is 1. The minimum atomic E-state index is -3.30. The Balaban J connectivity index is 1.39. The van der Waals surface area contributed by atoms with Gasteiger partial charge in [-0.15, -0.1) is 0 Å². The predicted molar refractivity (Wildman–Crippen MR) is 95.4 cm³/mol. The number of hydrogen-bond acceptors (Lipinski definition) is 5. The first-order valence-corrected chi connectivity index (χ1v) is 11.1. The molecule has 1 aromatic rings. The molecule has 0 atom stereocenters. The average Bonchev–Trinajstić information content (AvgIpc) is 2.57. The highest BCUT2D eigenvalue weighted by Gasteiger charge is 2.54. The summed E-state index contributed by atoms with van der Waals surface area (Å²) in [7, 11) is -3.30. The van der Waals surface area contributed by atoms with E-state index in [1.807, 2.05) is 0 Å². The van der Waals surface area contributed by atoms with Gasteiger partial charge in [-0.2, -0.15) is 0 Å². The van der Waals surface area contributed by atoms with E-state index in [0.29, 0.717) is 17.8 Å². The van der Waals surface area contributed by atoms with Crippen LogP contribution in [0.3, 0.4) is 0 Å². The van der Waals surface area contributed by atoms with E-state index in [0.717, 1.165) is 25.5 Å². The summed E-state index contributed by atoms with van der Waals surface area (Å²) >= 11 is 0. The van der Waals surface area contributed by atoms with Crippen LogP contribution >= 0.6 is 0 Å². The van der Waals surface area contributed by atoms with Crippen LogP contribution in [0, 0.1) is 23.2 Å². The Labute approximate surface area is 154 Å². The molecule has 0 N–H and O–H groups in total. The van der Waals surface area contributed by atoms with E-state index in [1.165, 1.54) is 43.5 Å². The van der Waals surface area contributed by atoms with Gasteiger partial charge in [-0.3, -0.25) is 4.79 Å². The van der Waals surface area contributed by atoms with E-state index in [-0.39, 0.29) is 28.3 Å². The van der Waals surface area contributed by atoms with Gasteiger partial charge >= 0.3 is 5.97 Å². The van der Waals surface area contributed by atoms with Crippen molar-refractivity contribution in [2.45, 2.75) is 43.4 Å². The van der Waals surface area contributed by atoms with Crippen LogP contribution in [-0.4, -0.2) is 33.0 Å². The summed E-state index contributed by atoms with van der Waals surface area (Å²) in [5, 5.41) is 0. The van der Waals surface area contributed by atoms with Crippen molar-refractivity contribution in [1.29, 1.82) is 0 Å². The predicted octanol–water partition coefficient (Wildman–Crippen LogP) is 3.03. The molecular formula is C20H24O5S. The van der Waals surface area contributed by atoms with Crippen molar-refractivity contribution >= 4 is 21.6 Å². The summed E-state index contributed by atoms with van der Waals surface area (Å²) in [5.74, 6) is 1.50. The van der Waals surface area contributed by atoms with Gasteiger partial charge in [0.15, 0.2) is 22.2 Å². The molecule has 0 radical (unpaired) electrons. The van der Waals surface area contributed by atoms with Crippen LogP contribution in [0.4, 0.5) is 0 Å². The van der Waals surface area contributed by atoms with E-state index in [9.17, 15) is 18.0 Å². The fourth-order valence-electron chi connectivity index (χ4n) is 5.66. The van der Waals surface area contributed by atoms with Crippen molar-refractivity contribution in [3.63, 3.8) is 0 Å². The Bertz CT molecular complexity index is 802. The lowest BCUT2D eigenvalue weighted by Gasteiger charge is -2.55. The van der Waals surface area contributed by atoms with Crippen molar-refractivity contribution in [2.75, 3.05) is 12.9 Å². The molecule has 0 unspecified atom stereocenters. The molecular weight excluding hydrogens is 352 g/mol. The Kier molecular flexibility index (Phi) is 4.21. The van der Waals surface area contributed by atoms with Crippen LogP contribution in [0.25, 0.3) is 0 Å². The molecule has 26 heavy (non-hydrogen) atoms. The molecule has 6 heteroatoms. The highest BCUT2D eigenvalue weighted by molar-refractivity contribution is 7.90. The number of benzene rings is 1. The zero-order valence-electron chi connectivity index (χ0n) is 14.9. The number of sulfone groups is 1. The number of carbonyl (C=O) groups is 2. The fraction of sp³-hybridized carbons (Fsp3) is 0.600. The van der Waals surface area contributed by atoms with E-state index in [1.54, 1.807) is 0 Å². The third-order valence-corrected chi connectivity index (χ3v) is 7.61. The summed E-state index contributed by atoms with van der Waals surface area (Å²) in [6.45, 7) is -0.182. The Morgan fingerprint density at radius 3 is 1.96 bits per heavy atom. The van der Waals surface area contributed by atoms with E-state index in [2.05, 4.69) is 0 Å². The summed E-state index contributed by atoms with van der Waals surface area (Å²) < 4.78 is 28.2. The van der Waals surface area contributed by atoms with Crippen LogP contribution in [0.15, 0.2) is 29.2 Å². The molecule has 4 fully saturated rings. The minimum absolute atomic E-state index is 0.0673. The lowest BCUT2D eigenvalue weighted by atomic mass is 9.48. The van der Waals surface area contributed by atoms with Crippen LogP contribution in [0.1, 0.15) is 48.9 Å². The molecule has 0 aliphatic heterocycles. The molecule has 0 aromatic heterocycles.